The molecule has 0 saturated heterocycles. The van der Waals surface area contributed by atoms with Gasteiger partial charge in [0, 0.05) is 19.3 Å². The average Bonchev–Trinajstić information content (AvgIpc) is 2.25. The van der Waals surface area contributed by atoms with E-state index in [0.717, 1.165) is 17.4 Å². The number of amides is 1. The van der Waals surface area contributed by atoms with Crippen molar-refractivity contribution in [1.82, 2.24) is 4.90 Å². The molecule has 5 nitrogen and oxygen atoms in total. The molecule has 0 spiro atoms. The van der Waals surface area contributed by atoms with Crippen LogP contribution >= 0.6 is 0 Å². The van der Waals surface area contributed by atoms with Crippen LogP contribution in [0.25, 0.3) is 0 Å². The van der Waals surface area contributed by atoms with E-state index in [1.165, 1.54) is 4.90 Å². The van der Waals surface area contributed by atoms with Crippen LogP contribution in [0, 0.1) is 0 Å². The van der Waals surface area contributed by atoms with E-state index in [0.29, 0.717) is 19.5 Å². The Bertz CT molecular complexity index is 580. The minimum absolute atomic E-state index is 0.158. The highest BCUT2D eigenvalue weighted by Gasteiger charge is 2.23. The first-order valence-electron chi connectivity index (χ1n) is 5.61. The van der Waals surface area contributed by atoms with Gasteiger partial charge in [-0.3, -0.25) is 4.79 Å². The molecule has 18 heavy (non-hydrogen) atoms. The molecule has 2 rings (SSSR count). The summed E-state index contributed by atoms with van der Waals surface area (Å²) in [6, 6.07) is 5.07. The van der Waals surface area contributed by atoms with E-state index in [1.807, 2.05) is 6.07 Å². The molecule has 1 aromatic carbocycles. The fraction of sp³-hybridized carbons (Fsp3) is 0.417. The predicted octanol–water partition coefficient (Wildman–Crippen LogP) is 0.321. The molecule has 6 heteroatoms. The van der Waals surface area contributed by atoms with Crippen LogP contribution in [0.2, 0.25) is 0 Å². The van der Waals surface area contributed by atoms with E-state index in [1.54, 1.807) is 12.1 Å². The Labute approximate surface area is 106 Å². The fourth-order valence-corrected chi connectivity index (χ4v) is 2.70. The zero-order valence-corrected chi connectivity index (χ0v) is 10.9. The maximum atomic E-state index is 11.8. The van der Waals surface area contributed by atoms with Crippen molar-refractivity contribution in [1.29, 1.82) is 0 Å². The molecule has 1 heterocycles. The lowest BCUT2D eigenvalue weighted by atomic mass is 9.99. The second-order valence-electron chi connectivity index (χ2n) is 4.59. The van der Waals surface area contributed by atoms with Crippen molar-refractivity contribution in [3.05, 3.63) is 29.3 Å². The molecule has 0 radical (unpaired) electrons. The molecular weight excluding hydrogens is 254 g/mol. The van der Waals surface area contributed by atoms with Gasteiger partial charge in [0.15, 0.2) is 9.84 Å². The number of carbonyl (C=O) groups excluding carboxylic acids is 1. The predicted molar refractivity (Wildman–Crippen MR) is 66.9 cm³/mol. The number of aromatic hydroxyl groups is 1. The zero-order valence-electron chi connectivity index (χ0n) is 10.1. The summed E-state index contributed by atoms with van der Waals surface area (Å²) in [5, 5.41) is 9.40. The van der Waals surface area contributed by atoms with Crippen molar-refractivity contribution < 1.29 is 18.3 Å². The monoisotopic (exact) mass is 269 g/mol. The van der Waals surface area contributed by atoms with Gasteiger partial charge in [0.1, 0.15) is 11.5 Å². The number of sulfone groups is 1. The number of hydrogen-bond acceptors (Lipinski definition) is 4. The summed E-state index contributed by atoms with van der Waals surface area (Å²) in [6.45, 7) is 0.879. The van der Waals surface area contributed by atoms with Gasteiger partial charge < -0.3 is 10.0 Å². The summed E-state index contributed by atoms with van der Waals surface area (Å²) in [7, 11) is -3.30. The van der Waals surface area contributed by atoms with E-state index in [4.69, 9.17) is 0 Å². The Morgan fingerprint density at radius 1 is 1.39 bits per heavy atom. The molecule has 0 fully saturated rings. The first kappa shape index (κ1) is 12.9. The van der Waals surface area contributed by atoms with E-state index >= 15 is 0 Å². The highest BCUT2D eigenvalue weighted by Crippen LogP contribution is 2.23. The summed E-state index contributed by atoms with van der Waals surface area (Å²) >= 11 is 0. The number of carbonyl (C=O) groups is 1. The fourth-order valence-electron chi connectivity index (χ4n) is 2.07. The van der Waals surface area contributed by atoms with E-state index in [9.17, 15) is 18.3 Å². The second kappa shape index (κ2) is 4.61. The molecule has 0 aromatic heterocycles. The Morgan fingerprint density at radius 3 is 2.78 bits per heavy atom. The molecule has 0 atom stereocenters. The summed E-state index contributed by atoms with van der Waals surface area (Å²) in [5.41, 5.74) is 1.97. The van der Waals surface area contributed by atoms with E-state index < -0.39 is 15.6 Å². The second-order valence-corrected chi connectivity index (χ2v) is 6.73. The van der Waals surface area contributed by atoms with E-state index in [-0.39, 0.29) is 11.7 Å². The third-order valence-electron chi connectivity index (χ3n) is 2.94. The molecule has 1 amide bonds. The van der Waals surface area contributed by atoms with Crippen molar-refractivity contribution in [2.45, 2.75) is 13.0 Å². The number of nitrogens with zero attached hydrogens (tertiary/aromatic N) is 1. The highest BCUT2D eigenvalue weighted by molar-refractivity contribution is 7.91. The number of benzene rings is 1. The van der Waals surface area contributed by atoms with Crippen LogP contribution in [-0.4, -0.2) is 42.9 Å². The minimum atomic E-state index is -3.30. The largest absolute Gasteiger partial charge is 0.508 e. The minimum Gasteiger partial charge on any atom is -0.508 e. The molecule has 98 valence electrons. The third kappa shape index (κ3) is 3.01. The summed E-state index contributed by atoms with van der Waals surface area (Å²) in [4.78, 5) is 13.3. The van der Waals surface area contributed by atoms with Crippen LogP contribution in [0.3, 0.4) is 0 Å². The Balaban J connectivity index is 2.14. The van der Waals surface area contributed by atoms with Gasteiger partial charge in [-0.25, -0.2) is 8.42 Å². The maximum Gasteiger partial charge on any atom is 0.238 e. The smallest absolute Gasteiger partial charge is 0.238 e. The van der Waals surface area contributed by atoms with Gasteiger partial charge in [-0.1, -0.05) is 6.07 Å². The third-order valence-corrected chi connectivity index (χ3v) is 3.71. The first-order chi connectivity index (χ1) is 8.35. The standard InChI is InChI=1S/C12H15NO4S/c1-18(16,17)8-12(15)13-5-4-9-2-3-11(14)6-10(9)7-13/h2-3,6,14H,4-5,7-8H2,1H3. The van der Waals surface area contributed by atoms with Crippen molar-refractivity contribution in [3.63, 3.8) is 0 Å². The van der Waals surface area contributed by atoms with Crippen molar-refractivity contribution in [2.75, 3.05) is 18.6 Å². The van der Waals surface area contributed by atoms with Gasteiger partial charge in [0.25, 0.3) is 0 Å². The normalized spacial score (nSPS) is 15.3. The molecule has 0 saturated carbocycles. The Hall–Kier alpha value is -1.56. The number of phenols is 1. The number of rotatable bonds is 2. The van der Waals surface area contributed by atoms with Crippen LogP contribution in [-0.2, 0) is 27.6 Å². The lowest BCUT2D eigenvalue weighted by Crippen LogP contribution is -2.39. The Kier molecular flexibility index (Phi) is 3.30. The molecule has 1 aliphatic heterocycles. The van der Waals surface area contributed by atoms with Gasteiger partial charge in [-0.05, 0) is 29.7 Å². The lowest BCUT2D eigenvalue weighted by Gasteiger charge is -2.28. The SMILES string of the molecule is CS(=O)(=O)CC(=O)N1CCc2ccc(O)cc2C1. The summed E-state index contributed by atoms with van der Waals surface area (Å²) in [6.07, 6.45) is 1.74. The first-order valence-corrected chi connectivity index (χ1v) is 7.67. The van der Waals surface area contributed by atoms with Gasteiger partial charge >= 0.3 is 0 Å². The van der Waals surface area contributed by atoms with Gasteiger partial charge in [0.2, 0.25) is 5.91 Å². The molecular formula is C12H15NO4S. The molecule has 0 unspecified atom stereocenters. The molecule has 1 aliphatic rings. The highest BCUT2D eigenvalue weighted by atomic mass is 32.2. The molecule has 0 bridgehead atoms. The Morgan fingerprint density at radius 2 is 2.11 bits per heavy atom. The van der Waals surface area contributed by atoms with Crippen molar-refractivity contribution in [3.8, 4) is 5.75 Å². The van der Waals surface area contributed by atoms with Gasteiger partial charge in [-0.2, -0.15) is 0 Å². The summed E-state index contributed by atoms with van der Waals surface area (Å²) in [5.74, 6) is -0.682. The number of fused-ring (bicyclic) bond motifs is 1. The molecule has 0 aliphatic carbocycles. The number of hydrogen-bond donors (Lipinski definition) is 1. The zero-order chi connectivity index (χ0) is 13.3. The van der Waals surface area contributed by atoms with Crippen LogP contribution in [0.1, 0.15) is 11.1 Å². The van der Waals surface area contributed by atoms with Crippen LogP contribution in [0.15, 0.2) is 18.2 Å². The molecule has 1 aromatic rings. The van der Waals surface area contributed by atoms with Crippen LogP contribution < -0.4 is 0 Å². The maximum absolute atomic E-state index is 11.8. The van der Waals surface area contributed by atoms with Crippen LogP contribution in [0.5, 0.6) is 5.75 Å². The number of phenolic OH excluding ortho intramolecular Hbond substituents is 1. The lowest BCUT2D eigenvalue weighted by molar-refractivity contribution is -0.129. The summed E-state index contributed by atoms with van der Waals surface area (Å²) < 4.78 is 22.2. The van der Waals surface area contributed by atoms with Crippen LogP contribution in [0.4, 0.5) is 0 Å². The molecule has 1 N–H and O–H groups in total. The van der Waals surface area contributed by atoms with Crippen molar-refractivity contribution in [2.24, 2.45) is 0 Å². The van der Waals surface area contributed by atoms with Gasteiger partial charge in [0.05, 0.1) is 0 Å². The average molecular weight is 269 g/mol. The van der Waals surface area contributed by atoms with E-state index in [2.05, 4.69) is 0 Å². The van der Waals surface area contributed by atoms with Crippen molar-refractivity contribution >= 4 is 15.7 Å². The van der Waals surface area contributed by atoms with Gasteiger partial charge in [-0.15, -0.1) is 0 Å². The topological polar surface area (TPSA) is 74.7 Å². The quantitative estimate of drug-likeness (QED) is 0.839.